The van der Waals surface area contributed by atoms with Crippen LogP contribution < -0.4 is 4.90 Å². The van der Waals surface area contributed by atoms with E-state index < -0.39 is 0 Å². The molecule has 1 aliphatic heterocycles. The summed E-state index contributed by atoms with van der Waals surface area (Å²) < 4.78 is 0. The molecule has 2 rings (SSSR count). The van der Waals surface area contributed by atoms with Crippen LogP contribution in [0.15, 0.2) is 18.2 Å². The van der Waals surface area contributed by atoms with Gasteiger partial charge in [-0.2, -0.15) is 0 Å². The molecule has 1 fully saturated rings. The smallest absolute Gasteiger partial charge is 0.0579 e. The molecule has 1 atom stereocenters. The molecule has 0 saturated carbocycles. The van der Waals surface area contributed by atoms with Gasteiger partial charge in [-0.15, -0.1) is 0 Å². The molecule has 1 unspecified atom stereocenters. The first kappa shape index (κ1) is 12.4. The molecule has 0 bridgehead atoms. The Bertz CT molecular complexity index is 411. The highest BCUT2D eigenvalue weighted by atomic mass is 16.3. The minimum absolute atomic E-state index is 0.0379. The molecule has 2 heteroatoms. The van der Waals surface area contributed by atoms with E-state index >= 15 is 0 Å². The molecule has 1 saturated heterocycles. The lowest BCUT2D eigenvalue weighted by molar-refractivity contribution is 0.107. The highest BCUT2D eigenvalue weighted by molar-refractivity contribution is 5.57. The number of aliphatic hydroxyl groups is 1. The molecule has 1 aliphatic rings. The van der Waals surface area contributed by atoms with E-state index in [1.807, 2.05) is 0 Å². The summed E-state index contributed by atoms with van der Waals surface area (Å²) in [7, 11) is 0. The van der Waals surface area contributed by atoms with Gasteiger partial charge in [0.2, 0.25) is 0 Å². The van der Waals surface area contributed by atoms with Crippen LogP contribution in [0.1, 0.15) is 37.8 Å². The van der Waals surface area contributed by atoms with Crippen LogP contribution in [0.2, 0.25) is 0 Å². The summed E-state index contributed by atoms with van der Waals surface area (Å²) in [5.74, 6) is 0. The molecule has 1 aromatic rings. The zero-order chi connectivity index (χ0) is 12.6. The molecule has 2 nitrogen and oxygen atoms in total. The van der Waals surface area contributed by atoms with Crippen molar-refractivity contribution in [3.8, 4) is 0 Å². The van der Waals surface area contributed by atoms with Crippen molar-refractivity contribution in [1.29, 1.82) is 0 Å². The van der Waals surface area contributed by atoms with Gasteiger partial charge in [0.1, 0.15) is 0 Å². The quantitative estimate of drug-likeness (QED) is 0.806. The highest BCUT2D eigenvalue weighted by Gasteiger charge is 2.34. The SMILES string of the molecule is Cc1ccc(C)c(N2CCC(O)CC2(C)C)c1. The van der Waals surface area contributed by atoms with Gasteiger partial charge in [-0.05, 0) is 57.7 Å². The second-order valence-electron chi connectivity index (χ2n) is 5.90. The van der Waals surface area contributed by atoms with Gasteiger partial charge in [-0.3, -0.25) is 0 Å². The zero-order valence-corrected chi connectivity index (χ0v) is 11.3. The van der Waals surface area contributed by atoms with Crippen molar-refractivity contribution in [2.75, 3.05) is 11.4 Å². The Balaban J connectivity index is 2.35. The first-order chi connectivity index (χ1) is 7.90. The maximum atomic E-state index is 9.81. The molecule has 0 aliphatic carbocycles. The molecule has 0 aromatic heterocycles. The van der Waals surface area contributed by atoms with Crippen LogP contribution in [0.4, 0.5) is 5.69 Å². The van der Waals surface area contributed by atoms with Crippen molar-refractivity contribution in [1.82, 2.24) is 0 Å². The van der Waals surface area contributed by atoms with Crippen LogP contribution in [-0.2, 0) is 0 Å². The highest BCUT2D eigenvalue weighted by Crippen LogP contribution is 2.34. The van der Waals surface area contributed by atoms with Crippen LogP contribution in [0.25, 0.3) is 0 Å². The third-order valence-electron chi connectivity index (χ3n) is 3.81. The number of rotatable bonds is 1. The average molecular weight is 233 g/mol. The first-order valence-corrected chi connectivity index (χ1v) is 6.43. The van der Waals surface area contributed by atoms with Gasteiger partial charge in [-0.1, -0.05) is 12.1 Å². The zero-order valence-electron chi connectivity index (χ0n) is 11.3. The number of aliphatic hydroxyl groups excluding tert-OH is 1. The summed E-state index contributed by atoms with van der Waals surface area (Å²) in [6.07, 6.45) is 1.57. The largest absolute Gasteiger partial charge is 0.393 e. The number of nitrogens with zero attached hydrogens (tertiary/aromatic N) is 1. The Labute approximate surface area is 104 Å². The number of aryl methyl sites for hydroxylation is 2. The van der Waals surface area contributed by atoms with Gasteiger partial charge in [-0.25, -0.2) is 0 Å². The Hall–Kier alpha value is -1.02. The van der Waals surface area contributed by atoms with E-state index in [0.29, 0.717) is 0 Å². The van der Waals surface area contributed by atoms with Crippen LogP contribution >= 0.6 is 0 Å². The van der Waals surface area contributed by atoms with Gasteiger partial charge in [0.05, 0.1) is 6.10 Å². The van der Waals surface area contributed by atoms with E-state index in [-0.39, 0.29) is 11.6 Å². The van der Waals surface area contributed by atoms with Crippen molar-refractivity contribution in [3.63, 3.8) is 0 Å². The molecule has 1 heterocycles. The number of benzene rings is 1. The fraction of sp³-hybridized carbons (Fsp3) is 0.600. The fourth-order valence-corrected chi connectivity index (χ4v) is 2.83. The van der Waals surface area contributed by atoms with Gasteiger partial charge in [0.25, 0.3) is 0 Å². The standard InChI is InChI=1S/C15H23NO/c1-11-5-6-12(2)14(9-11)16-8-7-13(17)10-15(16,3)4/h5-6,9,13,17H,7-8,10H2,1-4H3. The van der Waals surface area contributed by atoms with Gasteiger partial charge in [0, 0.05) is 17.8 Å². The molecule has 0 spiro atoms. The van der Waals surface area contributed by atoms with Crippen LogP contribution in [-0.4, -0.2) is 23.3 Å². The predicted molar refractivity (Wildman–Crippen MR) is 72.6 cm³/mol. The number of hydrogen-bond acceptors (Lipinski definition) is 2. The monoisotopic (exact) mass is 233 g/mol. The van der Waals surface area contributed by atoms with E-state index in [4.69, 9.17) is 0 Å². The summed E-state index contributed by atoms with van der Waals surface area (Å²) in [6.45, 7) is 9.68. The van der Waals surface area contributed by atoms with E-state index in [2.05, 4.69) is 50.8 Å². The Morgan fingerprint density at radius 2 is 2.00 bits per heavy atom. The second-order valence-corrected chi connectivity index (χ2v) is 5.90. The molecule has 0 radical (unpaired) electrons. The van der Waals surface area contributed by atoms with Crippen molar-refractivity contribution >= 4 is 5.69 Å². The van der Waals surface area contributed by atoms with Gasteiger partial charge < -0.3 is 10.0 Å². The topological polar surface area (TPSA) is 23.5 Å². The van der Waals surface area contributed by atoms with Gasteiger partial charge in [0.15, 0.2) is 0 Å². The molecule has 1 aromatic carbocycles. The van der Waals surface area contributed by atoms with Gasteiger partial charge >= 0.3 is 0 Å². The Morgan fingerprint density at radius 3 is 2.65 bits per heavy atom. The van der Waals surface area contributed by atoms with Crippen LogP contribution in [0.5, 0.6) is 0 Å². The summed E-state index contributed by atoms with van der Waals surface area (Å²) in [5, 5.41) is 9.81. The Kier molecular flexibility index (Phi) is 3.17. The van der Waals surface area contributed by atoms with Crippen molar-refractivity contribution in [2.24, 2.45) is 0 Å². The average Bonchev–Trinajstić information content (AvgIpc) is 2.21. The summed E-state index contributed by atoms with van der Waals surface area (Å²) in [6, 6.07) is 6.60. The van der Waals surface area contributed by atoms with E-state index in [1.54, 1.807) is 0 Å². The first-order valence-electron chi connectivity index (χ1n) is 6.43. The van der Waals surface area contributed by atoms with Crippen molar-refractivity contribution in [3.05, 3.63) is 29.3 Å². The molecule has 1 N–H and O–H groups in total. The van der Waals surface area contributed by atoms with E-state index in [1.165, 1.54) is 16.8 Å². The number of hydrogen-bond donors (Lipinski definition) is 1. The van der Waals surface area contributed by atoms with Crippen LogP contribution in [0, 0.1) is 13.8 Å². The summed E-state index contributed by atoms with van der Waals surface area (Å²) >= 11 is 0. The minimum Gasteiger partial charge on any atom is -0.393 e. The predicted octanol–water partition coefficient (Wildman–Crippen LogP) is 3.04. The minimum atomic E-state index is -0.147. The lowest BCUT2D eigenvalue weighted by Gasteiger charge is -2.46. The maximum Gasteiger partial charge on any atom is 0.0579 e. The maximum absolute atomic E-state index is 9.81. The Morgan fingerprint density at radius 1 is 1.29 bits per heavy atom. The van der Waals surface area contributed by atoms with Crippen molar-refractivity contribution < 1.29 is 5.11 Å². The van der Waals surface area contributed by atoms with Crippen LogP contribution in [0.3, 0.4) is 0 Å². The number of piperidine rings is 1. The summed E-state index contributed by atoms with van der Waals surface area (Å²) in [4.78, 5) is 2.45. The number of anilines is 1. The fourth-order valence-electron chi connectivity index (χ4n) is 2.83. The molecule has 94 valence electrons. The van der Waals surface area contributed by atoms with E-state index in [0.717, 1.165) is 19.4 Å². The second kappa shape index (κ2) is 4.34. The normalized spacial score (nSPS) is 23.8. The van der Waals surface area contributed by atoms with Crippen molar-refractivity contribution in [2.45, 2.75) is 52.2 Å². The third-order valence-corrected chi connectivity index (χ3v) is 3.81. The third kappa shape index (κ3) is 2.47. The molecular formula is C15H23NO. The molecule has 0 amide bonds. The lowest BCUT2D eigenvalue weighted by atomic mass is 9.87. The summed E-state index contributed by atoms with van der Waals surface area (Å²) in [5.41, 5.74) is 3.98. The lowest BCUT2D eigenvalue weighted by Crippen LogP contribution is -2.52. The van der Waals surface area contributed by atoms with E-state index in [9.17, 15) is 5.11 Å². The molecular weight excluding hydrogens is 210 g/mol. The molecule has 17 heavy (non-hydrogen) atoms.